The Morgan fingerprint density at radius 2 is 2.20 bits per heavy atom. The number of ether oxygens (including phenoxy) is 1. The Bertz CT molecular complexity index is 301. The van der Waals surface area contributed by atoms with Crippen molar-refractivity contribution in [2.75, 3.05) is 6.61 Å². The van der Waals surface area contributed by atoms with Crippen molar-refractivity contribution in [3.8, 4) is 0 Å². The molecular weight excluding hydrogens is 198 g/mol. The van der Waals surface area contributed by atoms with E-state index in [-0.39, 0.29) is 12.0 Å². The average molecular weight is 215 g/mol. The maximum atomic E-state index is 9.24. The van der Waals surface area contributed by atoms with Crippen LogP contribution in [0.2, 0.25) is 0 Å². The van der Waals surface area contributed by atoms with Gasteiger partial charge < -0.3 is 20.1 Å². The van der Waals surface area contributed by atoms with Gasteiger partial charge in [-0.2, -0.15) is 4.98 Å². The summed E-state index contributed by atoms with van der Waals surface area (Å²) in [6.07, 6.45) is -0.950. The van der Waals surface area contributed by atoms with Gasteiger partial charge in [-0.15, -0.1) is 0 Å². The molecule has 0 aliphatic carbocycles. The summed E-state index contributed by atoms with van der Waals surface area (Å²) in [5, 5.41) is 13.0. The maximum Gasteiger partial charge on any atom is 0.246 e. The number of aliphatic hydroxyl groups is 1. The lowest BCUT2D eigenvalue weighted by atomic mass is 10.2. The Morgan fingerprint density at radius 1 is 1.53 bits per heavy atom. The second kappa shape index (κ2) is 5.20. The highest BCUT2D eigenvalue weighted by Gasteiger charge is 2.21. The average Bonchev–Trinajstić information content (AvgIpc) is 2.65. The first-order valence-corrected chi connectivity index (χ1v) is 4.95. The van der Waals surface area contributed by atoms with Gasteiger partial charge in [0.15, 0.2) is 5.82 Å². The van der Waals surface area contributed by atoms with Gasteiger partial charge in [0.05, 0.1) is 6.10 Å². The van der Waals surface area contributed by atoms with Crippen molar-refractivity contribution >= 4 is 0 Å². The molecule has 0 saturated heterocycles. The Hall–Kier alpha value is -0.980. The Morgan fingerprint density at radius 3 is 2.73 bits per heavy atom. The van der Waals surface area contributed by atoms with E-state index in [1.165, 1.54) is 0 Å². The number of nitrogens with two attached hydrogens (primary N) is 1. The quantitative estimate of drug-likeness (QED) is 0.744. The van der Waals surface area contributed by atoms with Gasteiger partial charge in [-0.25, -0.2) is 0 Å². The molecule has 0 fully saturated rings. The summed E-state index contributed by atoms with van der Waals surface area (Å²) in [5.74, 6) is 0.675. The molecule has 86 valence electrons. The lowest BCUT2D eigenvalue weighted by Crippen LogP contribution is -2.23. The van der Waals surface area contributed by atoms with E-state index >= 15 is 0 Å². The Balaban J connectivity index is 2.71. The molecule has 1 unspecified atom stereocenters. The number of aromatic nitrogens is 2. The van der Waals surface area contributed by atoms with Crippen LogP contribution in [-0.2, 0) is 4.74 Å². The third-order valence-electron chi connectivity index (χ3n) is 2.04. The minimum absolute atomic E-state index is 0.228. The molecule has 3 N–H and O–H groups in total. The lowest BCUT2D eigenvalue weighted by molar-refractivity contribution is 0.0683. The summed E-state index contributed by atoms with van der Waals surface area (Å²) in [5.41, 5.74) is 5.64. The van der Waals surface area contributed by atoms with Crippen LogP contribution in [0.1, 0.15) is 44.6 Å². The molecule has 0 amide bonds. The first-order chi connectivity index (χ1) is 7.06. The zero-order chi connectivity index (χ0) is 11.4. The summed E-state index contributed by atoms with van der Waals surface area (Å²) in [6.45, 7) is 5.86. The second-order valence-electron chi connectivity index (χ2n) is 3.35. The van der Waals surface area contributed by atoms with Crippen molar-refractivity contribution in [3.63, 3.8) is 0 Å². The summed E-state index contributed by atoms with van der Waals surface area (Å²) < 4.78 is 10.2. The zero-order valence-electron chi connectivity index (χ0n) is 9.17. The van der Waals surface area contributed by atoms with Crippen molar-refractivity contribution < 1.29 is 14.4 Å². The molecule has 0 aliphatic heterocycles. The molecule has 1 rings (SSSR count). The minimum Gasteiger partial charge on any atom is -0.391 e. The largest absolute Gasteiger partial charge is 0.391 e. The van der Waals surface area contributed by atoms with E-state index in [4.69, 9.17) is 15.0 Å². The normalized spacial score (nSPS) is 17.4. The van der Waals surface area contributed by atoms with Crippen molar-refractivity contribution in [1.82, 2.24) is 10.1 Å². The van der Waals surface area contributed by atoms with Crippen molar-refractivity contribution in [2.45, 2.75) is 39.0 Å². The summed E-state index contributed by atoms with van der Waals surface area (Å²) in [6, 6.07) is -0.653. The van der Waals surface area contributed by atoms with Gasteiger partial charge in [0.1, 0.15) is 12.1 Å². The second-order valence-corrected chi connectivity index (χ2v) is 3.35. The summed E-state index contributed by atoms with van der Waals surface area (Å²) in [4.78, 5) is 4.06. The van der Waals surface area contributed by atoms with Gasteiger partial charge in [0.2, 0.25) is 5.89 Å². The van der Waals surface area contributed by atoms with Gasteiger partial charge in [0.25, 0.3) is 0 Å². The molecule has 0 spiro atoms. The predicted molar refractivity (Wildman–Crippen MR) is 52.9 cm³/mol. The molecule has 6 nitrogen and oxygen atoms in total. The highest BCUT2D eigenvalue weighted by Crippen LogP contribution is 2.17. The Kier molecular flexibility index (Phi) is 4.19. The van der Waals surface area contributed by atoms with E-state index in [1.807, 2.05) is 13.8 Å². The highest BCUT2D eigenvalue weighted by atomic mass is 16.5. The van der Waals surface area contributed by atoms with Crippen LogP contribution in [0.3, 0.4) is 0 Å². The van der Waals surface area contributed by atoms with Crippen LogP contribution in [0.5, 0.6) is 0 Å². The molecule has 1 heterocycles. The van der Waals surface area contributed by atoms with E-state index < -0.39 is 12.1 Å². The summed E-state index contributed by atoms with van der Waals surface area (Å²) >= 11 is 0. The first kappa shape index (κ1) is 12.1. The number of hydrogen-bond donors (Lipinski definition) is 2. The van der Waals surface area contributed by atoms with Gasteiger partial charge in [-0.1, -0.05) is 5.16 Å². The molecule has 0 radical (unpaired) electrons. The third kappa shape index (κ3) is 2.98. The number of rotatable bonds is 5. The molecule has 1 aromatic heterocycles. The van der Waals surface area contributed by atoms with Crippen LogP contribution in [0.15, 0.2) is 4.52 Å². The van der Waals surface area contributed by atoms with Gasteiger partial charge >= 0.3 is 0 Å². The van der Waals surface area contributed by atoms with Crippen LogP contribution in [-0.4, -0.2) is 28.0 Å². The molecular formula is C9H17N3O3. The van der Waals surface area contributed by atoms with Crippen molar-refractivity contribution in [3.05, 3.63) is 11.7 Å². The first-order valence-electron chi connectivity index (χ1n) is 4.95. The van der Waals surface area contributed by atoms with Crippen LogP contribution in [0.25, 0.3) is 0 Å². The molecule has 0 aliphatic rings. The number of hydrogen-bond acceptors (Lipinski definition) is 6. The van der Waals surface area contributed by atoms with Gasteiger partial charge in [-0.05, 0) is 20.8 Å². The molecule has 3 atom stereocenters. The van der Waals surface area contributed by atoms with Crippen LogP contribution < -0.4 is 5.73 Å². The molecule has 15 heavy (non-hydrogen) atoms. The molecule has 6 heteroatoms. The van der Waals surface area contributed by atoms with E-state index in [0.717, 1.165) is 0 Å². The minimum atomic E-state index is -0.722. The Labute approximate surface area is 88.4 Å². The van der Waals surface area contributed by atoms with E-state index in [2.05, 4.69) is 10.1 Å². The monoisotopic (exact) mass is 215 g/mol. The molecule has 0 bridgehead atoms. The van der Waals surface area contributed by atoms with Crippen molar-refractivity contribution in [1.29, 1.82) is 0 Å². The van der Waals surface area contributed by atoms with Crippen molar-refractivity contribution in [2.24, 2.45) is 5.73 Å². The van der Waals surface area contributed by atoms with Crippen LogP contribution in [0.4, 0.5) is 0 Å². The fraction of sp³-hybridized carbons (Fsp3) is 0.778. The molecule has 1 aromatic rings. The highest BCUT2D eigenvalue weighted by molar-refractivity contribution is 4.95. The smallest absolute Gasteiger partial charge is 0.246 e. The molecule has 0 aromatic carbocycles. The molecule has 0 saturated carbocycles. The zero-order valence-corrected chi connectivity index (χ0v) is 9.17. The van der Waals surface area contributed by atoms with Gasteiger partial charge in [-0.3, -0.25) is 0 Å². The topological polar surface area (TPSA) is 94.4 Å². The summed E-state index contributed by atoms with van der Waals surface area (Å²) in [7, 11) is 0. The SMILES string of the molecule is CCOC(C)c1noc([C@@H](N)[C@@H](C)O)n1. The van der Waals surface area contributed by atoms with E-state index in [0.29, 0.717) is 12.4 Å². The fourth-order valence-electron chi connectivity index (χ4n) is 1.08. The van der Waals surface area contributed by atoms with E-state index in [9.17, 15) is 5.11 Å². The van der Waals surface area contributed by atoms with Crippen LogP contribution in [0, 0.1) is 0 Å². The maximum absolute atomic E-state index is 9.24. The third-order valence-corrected chi connectivity index (χ3v) is 2.04. The van der Waals surface area contributed by atoms with Gasteiger partial charge in [0, 0.05) is 6.61 Å². The standard InChI is InChI=1S/C9H17N3O3/c1-4-14-6(3)8-11-9(15-12-8)7(10)5(2)13/h5-7,13H,4,10H2,1-3H3/t5-,6?,7+/m1/s1. The van der Waals surface area contributed by atoms with Crippen LogP contribution >= 0.6 is 0 Å². The lowest BCUT2D eigenvalue weighted by Gasteiger charge is -2.08. The number of nitrogens with zero attached hydrogens (tertiary/aromatic N) is 2. The number of aliphatic hydroxyl groups excluding tert-OH is 1. The fourth-order valence-corrected chi connectivity index (χ4v) is 1.08. The predicted octanol–water partition coefficient (Wildman–Crippen LogP) is 0.548. The van der Waals surface area contributed by atoms with E-state index in [1.54, 1.807) is 6.92 Å².